The van der Waals surface area contributed by atoms with Gasteiger partial charge in [-0.1, -0.05) is 37.6 Å². The van der Waals surface area contributed by atoms with Crippen LogP contribution in [0.4, 0.5) is 0 Å². The topological polar surface area (TPSA) is 38.9 Å². The Balaban J connectivity index is 1.40. The lowest BCUT2D eigenvalue weighted by atomic mass is 9.85. The van der Waals surface area contributed by atoms with Crippen LogP contribution in [-0.4, -0.2) is 16.7 Å². The molecule has 0 aromatic carbocycles. The first-order chi connectivity index (χ1) is 14.6. The van der Waals surface area contributed by atoms with Crippen LogP contribution in [0.2, 0.25) is 0 Å². The van der Waals surface area contributed by atoms with Crippen LogP contribution >= 0.6 is 0 Å². The van der Waals surface area contributed by atoms with Gasteiger partial charge in [-0.05, 0) is 71.5 Å². The maximum atomic E-state index is 5.62. The third kappa shape index (κ3) is 3.62. The van der Waals surface area contributed by atoms with E-state index in [-0.39, 0.29) is 0 Å². The van der Waals surface area contributed by atoms with Crippen LogP contribution in [0.5, 0.6) is 0 Å². The average Bonchev–Trinajstić information content (AvgIpc) is 2.76. The van der Waals surface area contributed by atoms with Gasteiger partial charge in [0.1, 0.15) is 5.69 Å². The molecule has 5 rings (SSSR count). The highest BCUT2D eigenvalue weighted by molar-refractivity contribution is 5.71. The number of fused-ring (bicyclic) bond motifs is 3. The van der Waals surface area contributed by atoms with E-state index in [1.165, 1.54) is 39.2 Å². The Labute approximate surface area is 179 Å². The summed E-state index contributed by atoms with van der Waals surface area (Å²) in [6.07, 6.45) is 12.2. The number of hydrogen-bond donors (Lipinski definition) is 0. The molecule has 0 bridgehead atoms. The largest absolute Gasteiger partial charge is 0.375 e. The Kier molecular flexibility index (Phi) is 5.28. The Morgan fingerprint density at radius 3 is 2.60 bits per heavy atom. The molecule has 2 aliphatic carbocycles. The zero-order valence-corrected chi connectivity index (χ0v) is 18.4. The fourth-order valence-corrected chi connectivity index (χ4v) is 5.16. The zero-order valence-electron chi connectivity index (χ0n) is 18.4. The minimum absolute atomic E-state index is 0.406. The van der Waals surface area contributed by atoms with Crippen LogP contribution in [0.15, 0.2) is 30.5 Å². The molecule has 0 amide bonds. The number of nitrogens with zero attached hydrogens (tertiary/aromatic N) is 3. The van der Waals surface area contributed by atoms with Crippen molar-refractivity contribution < 1.29 is 9.42 Å². The van der Waals surface area contributed by atoms with E-state index in [2.05, 4.69) is 55.9 Å². The summed E-state index contributed by atoms with van der Waals surface area (Å²) in [6, 6.07) is 4.67. The highest BCUT2D eigenvalue weighted by Gasteiger charge is 2.26. The standard InChI is InChI=1S/C26H32N3O/c1-17(2)20-6-4-9-25-22(20)10-12-29(28-25)15-18(3)21-7-5-8-24-23(21)14-19-11-13-30-16-26(19)27-24/h6-7,10,12,14,17-18H,4-5,8-9,11,13,15-16H2,1-3H3/q+1. The fraction of sp³-hybridized carbons (Fsp3) is 0.500. The number of aromatic nitrogens is 3. The Morgan fingerprint density at radius 1 is 0.967 bits per heavy atom. The van der Waals surface area contributed by atoms with E-state index in [0.717, 1.165) is 50.9 Å². The summed E-state index contributed by atoms with van der Waals surface area (Å²) in [7, 11) is 0. The van der Waals surface area contributed by atoms with Crippen molar-refractivity contribution in [2.24, 2.45) is 11.8 Å². The van der Waals surface area contributed by atoms with Crippen LogP contribution in [-0.2, 0) is 37.2 Å². The van der Waals surface area contributed by atoms with Crippen molar-refractivity contribution in [2.75, 3.05) is 6.61 Å². The van der Waals surface area contributed by atoms with Crippen molar-refractivity contribution in [3.63, 3.8) is 0 Å². The van der Waals surface area contributed by atoms with Crippen LogP contribution in [0.1, 0.15) is 67.4 Å². The maximum Gasteiger partial charge on any atom is 0.196 e. The molecule has 0 fully saturated rings. The molecule has 2 aromatic heterocycles. The van der Waals surface area contributed by atoms with Crippen molar-refractivity contribution in [3.8, 4) is 0 Å². The smallest absolute Gasteiger partial charge is 0.196 e. The highest BCUT2D eigenvalue weighted by Crippen LogP contribution is 2.34. The van der Waals surface area contributed by atoms with Gasteiger partial charge in [0, 0.05) is 23.2 Å². The number of pyridine rings is 1. The van der Waals surface area contributed by atoms with Gasteiger partial charge in [-0.3, -0.25) is 4.98 Å². The minimum Gasteiger partial charge on any atom is -0.375 e. The van der Waals surface area contributed by atoms with E-state index in [1.807, 2.05) is 0 Å². The second kappa shape index (κ2) is 8.07. The van der Waals surface area contributed by atoms with E-state index in [1.54, 1.807) is 0 Å². The van der Waals surface area contributed by atoms with Gasteiger partial charge in [-0.25, -0.2) is 0 Å². The molecule has 1 atom stereocenters. The first kappa shape index (κ1) is 19.6. The summed E-state index contributed by atoms with van der Waals surface area (Å²) in [6.45, 7) is 9.26. The summed E-state index contributed by atoms with van der Waals surface area (Å²) in [5.41, 5.74) is 10.6. The normalized spacial score (nSPS) is 18.8. The first-order valence-electron chi connectivity index (χ1n) is 11.5. The van der Waals surface area contributed by atoms with Crippen LogP contribution in [0.3, 0.4) is 0 Å². The van der Waals surface area contributed by atoms with Gasteiger partial charge >= 0.3 is 0 Å². The van der Waals surface area contributed by atoms with Crippen LogP contribution in [0, 0.1) is 11.8 Å². The molecule has 1 aliphatic heterocycles. The van der Waals surface area contributed by atoms with E-state index < -0.39 is 0 Å². The lowest BCUT2D eigenvalue weighted by molar-refractivity contribution is -0.757. The third-order valence-corrected chi connectivity index (χ3v) is 6.72. The van der Waals surface area contributed by atoms with E-state index in [9.17, 15) is 0 Å². The second-order valence-corrected chi connectivity index (χ2v) is 9.24. The van der Waals surface area contributed by atoms with Crippen molar-refractivity contribution in [3.05, 3.63) is 64.3 Å². The van der Waals surface area contributed by atoms with Gasteiger partial charge in [0.25, 0.3) is 0 Å². The number of rotatable bonds is 4. The predicted octanol–water partition coefficient (Wildman–Crippen LogP) is 4.49. The summed E-state index contributed by atoms with van der Waals surface area (Å²) in [5, 5.41) is 5.02. The molecule has 4 nitrogen and oxygen atoms in total. The number of allylic oxidation sites excluding steroid dienone is 4. The van der Waals surface area contributed by atoms with E-state index in [4.69, 9.17) is 14.8 Å². The minimum atomic E-state index is 0.406. The highest BCUT2D eigenvalue weighted by atomic mass is 16.5. The maximum absolute atomic E-state index is 5.62. The molecule has 0 saturated heterocycles. The number of hydrogen-bond acceptors (Lipinski definition) is 3. The van der Waals surface area contributed by atoms with Gasteiger partial charge < -0.3 is 4.74 Å². The molecule has 4 heteroatoms. The fourth-order valence-electron chi connectivity index (χ4n) is 5.16. The summed E-state index contributed by atoms with van der Waals surface area (Å²) in [5.74, 6) is 0.955. The zero-order chi connectivity index (χ0) is 20.7. The monoisotopic (exact) mass is 402 g/mol. The third-order valence-electron chi connectivity index (χ3n) is 6.72. The molecule has 3 aliphatic rings. The van der Waals surface area contributed by atoms with Gasteiger partial charge in [0.05, 0.1) is 18.9 Å². The van der Waals surface area contributed by atoms with Crippen LogP contribution < -0.4 is 4.68 Å². The summed E-state index contributed by atoms with van der Waals surface area (Å²) < 4.78 is 7.77. The van der Waals surface area contributed by atoms with Crippen molar-refractivity contribution in [1.29, 1.82) is 0 Å². The lowest BCUT2D eigenvalue weighted by Crippen LogP contribution is -2.42. The number of ether oxygens (including phenoxy) is 1. The van der Waals surface area contributed by atoms with E-state index >= 15 is 0 Å². The van der Waals surface area contributed by atoms with Crippen molar-refractivity contribution >= 4 is 11.1 Å². The van der Waals surface area contributed by atoms with Gasteiger partial charge in [-0.15, -0.1) is 0 Å². The second-order valence-electron chi connectivity index (χ2n) is 9.24. The molecule has 2 aromatic rings. The SMILES string of the molecule is CC(C)C1=CCCc2n[n+](CC(C)C3=CCCc4nc5c(cc43)CCOC5)ccc21. The Hall–Kier alpha value is -2.33. The van der Waals surface area contributed by atoms with E-state index in [0.29, 0.717) is 18.4 Å². The molecule has 0 N–H and O–H groups in total. The van der Waals surface area contributed by atoms with Crippen molar-refractivity contribution in [1.82, 2.24) is 10.1 Å². The predicted molar refractivity (Wildman–Crippen MR) is 119 cm³/mol. The van der Waals surface area contributed by atoms with Crippen molar-refractivity contribution in [2.45, 2.75) is 66.0 Å². The quantitative estimate of drug-likeness (QED) is 0.708. The van der Waals surface area contributed by atoms with Gasteiger partial charge in [-0.2, -0.15) is 0 Å². The molecule has 3 heterocycles. The number of aryl methyl sites for hydroxylation is 2. The molecule has 30 heavy (non-hydrogen) atoms. The first-order valence-corrected chi connectivity index (χ1v) is 11.5. The molecule has 156 valence electrons. The molecular weight excluding hydrogens is 370 g/mol. The molecule has 0 saturated carbocycles. The van der Waals surface area contributed by atoms with Gasteiger partial charge in [0.2, 0.25) is 0 Å². The van der Waals surface area contributed by atoms with Gasteiger partial charge in [0.15, 0.2) is 12.7 Å². The molecular formula is C26H32N3O+. The summed E-state index contributed by atoms with van der Waals surface area (Å²) in [4.78, 5) is 4.98. The molecule has 1 unspecified atom stereocenters. The Bertz CT molecular complexity index is 1030. The molecule has 0 radical (unpaired) electrons. The van der Waals surface area contributed by atoms with Crippen LogP contribution in [0.25, 0.3) is 11.1 Å². The Morgan fingerprint density at radius 2 is 1.77 bits per heavy atom. The molecule has 0 spiro atoms. The lowest BCUT2D eigenvalue weighted by Gasteiger charge is -2.24. The summed E-state index contributed by atoms with van der Waals surface area (Å²) >= 11 is 0. The average molecular weight is 403 g/mol.